The SMILES string of the molecule is CC1CCN(CCCCc2nc(-c3ccc(F)c(F)c3)no2)CC1. The van der Waals surface area contributed by atoms with E-state index in [9.17, 15) is 8.78 Å². The first-order valence-corrected chi connectivity index (χ1v) is 8.62. The average molecular weight is 335 g/mol. The van der Waals surface area contributed by atoms with Crippen LogP contribution in [0.25, 0.3) is 11.4 Å². The molecule has 1 aliphatic heterocycles. The molecule has 0 aliphatic carbocycles. The van der Waals surface area contributed by atoms with Gasteiger partial charge in [-0.15, -0.1) is 0 Å². The Morgan fingerprint density at radius 2 is 1.96 bits per heavy atom. The van der Waals surface area contributed by atoms with E-state index >= 15 is 0 Å². The maximum absolute atomic E-state index is 13.3. The molecule has 0 bridgehead atoms. The van der Waals surface area contributed by atoms with Gasteiger partial charge in [-0.05, 0) is 69.4 Å². The van der Waals surface area contributed by atoms with Crippen LogP contribution in [0.1, 0.15) is 38.5 Å². The van der Waals surface area contributed by atoms with Gasteiger partial charge in [-0.2, -0.15) is 4.98 Å². The maximum atomic E-state index is 13.3. The maximum Gasteiger partial charge on any atom is 0.226 e. The molecule has 130 valence electrons. The van der Waals surface area contributed by atoms with Crippen molar-refractivity contribution in [3.63, 3.8) is 0 Å². The first-order valence-electron chi connectivity index (χ1n) is 8.62. The van der Waals surface area contributed by atoms with Crippen molar-refractivity contribution in [1.82, 2.24) is 15.0 Å². The molecule has 1 aromatic heterocycles. The molecule has 0 saturated carbocycles. The van der Waals surface area contributed by atoms with Crippen LogP contribution in [0.3, 0.4) is 0 Å². The van der Waals surface area contributed by atoms with E-state index in [0.29, 0.717) is 23.7 Å². The zero-order valence-corrected chi connectivity index (χ0v) is 14.0. The molecule has 4 nitrogen and oxygen atoms in total. The number of aromatic nitrogens is 2. The summed E-state index contributed by atoms with van der Waals surface area (Å²) < 4.78 is 31.4. The van der Waals surface area contributed by atoms with E-state index in [1.807, 2.05) is 0 Å². The highest BCUT2D eigenvalue weighted by molar-refractivity contribution is 5.54. The van der Waals surface area contributed by atoms with Crippen LogP contribution >= 0.6 is 0 Å². The minimum Gasteiger partial charge on any atom is -0.339 e. The molecule has 0 N–H and O–H groups in total. The summed E-state index contributed by atoms with van der Waals surface area (Å²) in [6.07, 6.45) is 5.37. The van der Waals surface area contributed by atoms with E-state index in [1.54, 1.807) is 0 Å². The third-order valence-electron chi connectivity index (χ3n) is 4.64. The molecule has 24 heavy (non-hydrogen) atoms. The molecule has 0 unspecified atom stereocenters. The molecule has 1 saturated heterocycles. The average Bonchev–Trinajstić information content (AvgIpc) is 3.05. The summed E-state index contributed by atoms with van der Waals surface area (Å²) in [5.41, 5.74) is 0.423. The van der Waals surface area contributed by atoms with Gasteiger partial charge in [0.15, 0.2) is 11.6 Å². The van der Waals surface area contributed by atoms with Crippen molar-refractivity contribution in [2.45, 2.75) is 39.0 Å². The molecule has 6 heteroatoms. The Balaban J connectivity index is 1.45. The summed E-state index contributed by atoms with van der Waals surface area (Å²) in [6, 6.07) is 3.60. The Labute approximate surface area is 140 Å². The first-order chi connectivity index (χ1) is 11.6. The van der Waals surface area contributed by atoms with Crippen LogP contribution < -0.4 is 0 Å². The lowest BCUT2D eigenvalue weighted by molar-refractivity contribution is 0.189. The number of nitrogens with zero attached hydrogens (tertiary/aromatic N) is 3. The monoisotopic (exact) mass is 335 g/mol. The molecule has 1 aliphatic rings. The standard InChI is InChI=1S/C18H23F2N3O/c1-13-7-10-23(11-8-13)9-3-2-4-17-21-18(22-24-17)14-5-6-15(19)16(20)12-14/h5-6,12-13H,2-4,7-11H2,1H3. The Morgan fingerprint density at radius 1 is 1.17 bits per heavy atom. The van der Waals surface area contributed by atoms with Crippen molar-refractivity contribution >= 4 is 0 Å². The summed E-state index contributed by atoms with van der Waals surface area (Å²) >= 11 is 0. The van der Waals surface area contributed by atoms with E-state index in [2.05, 4.69) is 22.0 Å². The van der Waals surface area contributed by atoms with Gasteiger partial charge in [0.25, 0.3) is 0 Å². The lowest BCUT2D eigenvalue weighted by atomic mass is 9.99. The molecule has 0 amide bonds. The fourth-order valence-electron chi connectivity index (χ4n) is 3.01. The number of aryl methyl sites for hydroxylation is 1. The van der Waals surface area contributed by atoms with Gasteiger partial charge in [0.1, 0.15) is 0 Å². The second-order valence-corrected chi connectivity index (χ2v) is 6.62. The topological polar surface area (TPSA) is 42.2 Å². The fourth-order valence-corrected chi connectivity index (χ4v) is 3.01. The van der Waals surface area contributed by atoms with Crippen molar-refractivity contribution in [2.24, 2.45) is 5.92 Å². The van der Waals surface area contributed by atoms with Crippen LogP contribution in [0.2, 0.25) is 0 Å². The smallest absolute Gasteiger partial charge is 0.226 e. The molecule has 0 atom stereocenters. The highest BCUT2D eigenvalue weighted by Crippen LogP contribution is 2.20. The Hall–Kier alpha value is -1.82. The van der Waals surface area contributed by atoms with Crippen LogP contribution in [0, 0.1) is 17.6 Å². The zero-order chi connectivity index (χ0) is 16.9. The van der Waals surface area contributed by atoms with Crippen molar-refractivity contribution in [1.29, 1.82) is 0 Å². The Kier molecular flexibility index (Phi) is 5.56. The number of piperidine rings is 1. The predicted molar refractivity (Wildman–Crippen MR) is 87.4 cm³/mol. The van der Waals surface area contributed by atoms with Gasteiger partial charge in [-0.3, -0.25) is 0 Å². The van der Waals surface area contributed by atoms with Crippen LogP contribution in [-0.4, -0.2) is 34.7 Å². The van der Waals surface area contributed by atoms with Gasteiger partial charge in [0, 0.05) is 12.0 Å². The molecule has 2 aromatic rings. The first kappa shape index (κ1) is 17.0. The van der Waals surface area contributed by atoms with E-state index in [4.69, 9.17) is 4.52 Å². The minimum absolute atomic E-state index is 0.300. The molecule has 0 spiro atoms. The van der Waals surface area contributed by atoms with Crippen LogP contribution in [0.4, 0.5) is 8.78 Å². The van der Waals surface area contributed by atoms with Gasteiger partial charge in [-0.1, -0.05) is 12.1 Å². The number of halogens is 2. The Bertz CT molecular complexity index is 666. The molecule has 3 rings (SSSR count). The summed E-state index contributed by atoms with van der Waals surface area (Å²) in [7, 11) is 0. The van der Waals surface area contributed by atoms with Crippen molar-refractivity contribution in [2.75, 3.05) is 19.6 Å². The number of benzene rings is 1. The van der Waals surface area contributed by atoms with Gasteiger partial charge < -0.3 is 9.42 Å². The third kappa shape index (κ3) is 4.38. The second kappa shape index (κ2) is 7.83. The van der Waals surface area contributed by atoms with Crippen LogP contribution in [-0.2, 0) is 6.42 Å². The number of likely N-dealkylation sites (tertiary alicyclic amines) is 1. The highest BCUT2D eigenvalue weighted by Gasteiger charge is 2.15. The summed E-state index contributed by atoms with van der Waals surface area (Å²) in [6.45, 7) is 5.82. The van der Waals surface area contributed by atoms with E-state index in [-0.39, 0.29) is 0 Å². The van der Waals surface area contributed by atoms with Gasteiger partial charge in [-0.25, -0.2) is 8.78 Å². The largest absolute Gasteiger partial charge is 0.339 e. The summed E-state index contributed by atoms with van der Waals surface area (Å²) in [5.74, 6) is -0.0884. The molecular weight excluding hydrogens is 312 g/mol. The number of hydrogen-bond acceptors (Lipinski definition) is 4. The van der Waals surface area contributed by atoms with Gasteiger partial charge >= 0.3 is 0 Å². The number of rotatable bonds is 6. The van der Waals surface area contributed by atoms with E-state index < -0.39 is 11.6 Å². The van der Waals surface area contributed by atoms with E-state index in [1.165, 1.54) is 32.0 Å². The van der Waals surface area contributed by atoms with Crippen LogP contribution in [0.15, 0.2) is 22.7 Å². The lowest BCUT2D eigenvalue weighted by Gasteiger charge is -2.30. The summed E-state index contributed by atoms with van der Waals surface area (Å²) in [4.78, 5) is 6.78. The number of hydrogen-bond donors (Lipinski definition) is 0. The normalized spacial score (nSPS) is 16.6. The molecule has 1 aromatic carbocycles. The minimum atomic E-state index is -0.908. The van der Waals surface area contributed by atoms with E-state index in [0.717, 1.165) is 37.4 Å². The third-order valence-corrected chi connectivity index (χ3v) is 4.64. The van der Waals surface area contributed by atoms with Crippen molar-refractivity contribution in [3.05, 3.63) is 35.7 Å². The van der Waals surface area contributed by atoms with Crippen molar-refractivity contribution < 1.29 is 13.3 Å². The predicted octanol–water partition coefficient (Wildman–Crippen LogP) is 4.07. The molecular formula is C18H23F2N3O. The van der Waals surface area contributed by atoms with Gasteiger partial charge in [0.2, 0.25) is 11.7 Å². The highest BCUT2D eigenvalue weighted by atomic mass is 19.2. The zero-order valence-electron chi connectivity index (χ0n) is 14.0. The van der Waals surface area contributed by atoms with Crippen molar-refractivity contribution in [3.8, 4) is 11.4 Å². The molecule has 2 heterocycles. The summed E-state index contributed by atoms with van der Waals surface area (Å²) in [5, 5.41) is 3.85. The molecule has 0 radical (unpaired) electrons. The number of unbranched alkanes of at least 4 members (excludes halogenated alkanes) is 1. The Morgan fingerprint density at radius 3 is 2.71 bits per heavy atom. The van der Waals surface area contributed by atoms with Crippen LogP contribution in [0.5, 0.6) is 0 Å². The second-order valence-electron chi connectivity index (χ2n) is 6.62. The fraction of sp³-hybridized carbons (Fsp3) is 0.556. The molecule has 1 fully saturated rings. The lowest BCUT2D eigenvalue weighted by Crippen LogP contribution is -2.33. The quantitative estimate of drug-likeness (QED) is 0.746. The van der Waals surface area contributed by atoms with Gasteiger partial charge in [0.05, 0.1) is 0 Å².